The topological polar surface area (TPSA) is 73.0 Å². The van der Waals surface area contributed by atoms with Gasteiger partial charge in [0.15, 0.2) is 0 Å². The minimum Gasteiger partial charge on any atom is -0.383 e. The lowest BCUT2D eigenvalue weighted by Gasteiger charge is -2.11. The van der Waals surface area contributed by atoms with E-state index in [9.17, 15) is 23.3 Å². The summed E-state index contributed by atoms with van der Waals surface area (Å²) in [4.78, 5) is 13.4. The molecule has 0 radical (unpaired) electrons. The fraction of sp³-hybridized carbons (Fsp3) is 0.250. The van der Waals surface area contributed by atoms with Crippen molar-refractivity contribution in [3.8, 4) is 0 Å². The summed E-state index contributed by atoms with van der Waals surface area (Å²) in [7, 11) is 0. The molecule has 2 aromatic rings. The Morgan fingerprint density at radius 2 is 2.14 bits per heavy atom. The molecule has 0 amide bonds. The number of halogens is 3. The normalized spacial score (nSPS) is 11.4. The summed E-state index contributed by atoms with van der Waals surface area (Å²) in [6.07, 6.45) is 0.120. The van der Waals surface area contributed by atoms with E-state index in [1.807, 2.05) is 0 Å². The van der Waals surface area contributed by atoms with Crippen molar-refractivity contribution in [3.05, 3.63) is 52.6 Å². The summed E-state index contributed by atoms with van der Waals surface area (Å²) in [5.74, 6) is 0. The second-order valence-electron chi connectivity index (χ2n) is 4.21. The molecule has 112 valence electrons. The number of nitro groups is 1. The Balaban J connectivity index is 2.12. The van der Waals surface area contributed by atoms with Crippen LogP contribution in [-0.4, -0.2) is 21.0 Å². The number of nitrogens with zero attached hydrogens (tertiary/aromatic N) is 3. The molecule has 1 aromatic carbocycles. The van der Waals surface area contributed by atoms with Gasteiger partial charge in [-0.25, -0.2) is 4.98 Å². The number of nitrogens with one attached hydrogen (secondary N) is 1. The molecule has 1 N–H and O–H groups in total. The number of alkyl halides is 3. The third kappa shape index (κ3) is 3.71. The van der Waals surface area contributed by atoms with Crippen molar-refractivity contribution < 1.29 is 18.1 Å². The van der Waals surface area contributed by atoms with Crippen LogP contribution >= 0.6 is 0 Å². The molecule has 0 unspecified atom stereocenters. The molecule has 0 aliphatic carbocycles. The zero-order valence-electron chi connectivity index (χ0n) is 10.7. The zero-order valence-corrected chi connectivity index (χ0v) is 10.7. The molecule has 0 aliphatic rings. The van der Waals surface area contributed by atoms with Crippen LogP contribution in [0, 0.1) is 10.1 Å². The standard InChI is InChI=1S/C12H11F3N4O2/c13-12(14,15)10-7-9(1-2-11(10)19(20)21)17-4-6-18-5-3-16-8-18/h1-3,5,7-8,17H,4,6H2. The third-order valence-corrected chi connectivity index (χ3v) is 2.76. The largest absolute Gasteiger partial charge is 0.423 e. The van der Waals surface area contributed by atoms with Crippen molar-refractivity contribution in [3.63, 3.8) is 0 Å². The first-order valence-corrected chi connectivity index (χ1v) is 5.93. The van der Waals surface area contributed by atoms with Crippen molar-refractivity contribution in [1.29, 1.82) is 0 Å². The Bertz CT molecular complexity index is 626. The highest BCUT2D eigenvalue weighted by molar-refractivity contribution is 5.55. The molecule has 0 saturated carbocycles. The molecular weight excluding hydrogens is 289 g/mol. The molecular formula is C12H11F3N4O2. The average Bonchev–Trinajstić information content (AvgIpc) is 2.90. The Hall–Kier alpha value is -2.58. The van der Waals surface area contributed by atoms with Crippen LogP contribution in [0.1, 0.15) is 5.56 Å². The van der Waals surface area contributed by atoms with Gasteiger partial charge >= 0.3 is 6.18 Å². The number of hydrogen-bond donors (Lipinski definition) is 1. The monoisotopic (exact) mass is 300 g/mol. The minimum atomic E-state index is -4.77. The molecule has 0 fully saturated rings. The van der Waals surface area contributed by atoms with Crippen LogP contribution in [0.4, 0.5) is 24.5 Å². The molecule has 1 heterocycles. The van der Waals surface area contributed by atoms with E-state index >= 15 is 0 Å². The van der Waals surface area contributed by atoms with Gasteiger partial charge in [0.25, 0.3) is 5.69 Å². The maximum Gasteiger partial charge on any atom is 0.423 e. The van der Waals surface area contributed by atoms with Gasteiger partial charge in [0, 0.05) is 37.2 Å². The van der Waals surface area contributed by atoms with Crippen molar-refractivity contribution >= 4 is 11.4 Å². The first-order chi connectivity index (χ1) is 9.88. The smallest absolute Gasteiger partial charge is 0.383 e. The Labute approximate surface area is 117 Å². The van der Waals surface area contributed by atoms with Gasteiger partial charge in [-0.2, -0.15) is 13.2 Å². The Kier molecular flexibility index (Phi) is 4.10. The first kappa shape index (κ1) is 14.8. The quantitative estimate of drug-likeness (QED) is 0.680. The van der Waals surface area contributed by atoms with Gasteiger partial charge < -0.3 is 9.88 Å². The Morgan fingerprint density at radius 3 is 2.71 bits per heavy atom. The molecule has 9 heteroatoms. The fourth-order valence-corrected chi connectivity index (χ4v) is 1.78. The number of aromatic nitrogens is 2. The Morgan fingerprint density at radius 1 is 1.38 bits per heavy atom. The van der Waals surface area contributed by atoms with Crippen LogP contribution in [0.2, 0.25) is 0 Å². The SMILES string of the molecule is O=[N+]([O-])c1ccc(NCCn2ccnc2)cc1C(F)(F)F. The molecule has 0 aliphatic heterocycles. The molecule has 0 atom stereocenters. The van der Waals surface area contributed by atoms with Crippen LogP contribution in [0.5, 0.6) is 0 Å². The second-order valence-corrected chi connectivity index (χ2v) is 4.21. The van der Waals surface area contributed by atoms with Gasteiger partial charge in [0.1, 0.15) is 5.56 Å². The highest BCUT2D eigenvalue weighted by Crippen LogP contribution is 2.37. The number of hydrogen-bond acceptors (Lipinski definition) is 4. The van der Waals surface area contributed by atoms with E-state index in [0.29, 0.717) is 13.1 Å². The summed E-state index contributed by atoms with van der Waals surface area (Å²) in [5.41, 5.74) is -2.05. The molecule has 6 nitrogen and oxygen atoms in total. The molecule has 0 bridgehead atoms. The summed E-state index contributed by atoms with van der Waals surface area (Å²) >= 11 is 0. The van der Waals surface area contributed by atoms with Crippen LogP contribution < -0.4 is 5.32 Å². The van der Waals surface area contributed by atoms with Crippen molar-refractivity contribution in [1.82, 2.24) is 9.55 Å². The molecule has 0 saturated heterocycles. The minimum absolute atomic E-state index is 0.174. The number of benzene rings is 1. The van der Waals surface area contributed by atoms with E-state index in [1.165, 1.54) is 6.07 Å². The van der Waals surface area contributed by atoms with E-state index in [0.717, 1.165) is 12.1 Å². The summed E-state index contributed by atoms with van der Waals surface area (Å²) in [5, 5.41) is 13.4. The number of nitro benzene ring substituents is 1. The summed E-state index contributed by atoms with van der Waals surface area (Å²) in [6, 6.07) is 2.84. The van der Waals surface area contributed by atoms with E-state index in [4.69, 9.17) is 0 Å². The lowest BCUT2D eigenvalue weighted by molar-refractivity contribution is -0.388. The van der Waals surface area contributed by atoms with Gasteiger partial charge in [-0.05, 0) is 12.1 Å². The van der Waals surface area contributed by atoms with Gasteiger partial charge in [-0.15, -0.1) is 0 Å². The lowest BCUT2D eigenvalue weighted by atomic mass is 10.1. The summed E-state index contributed by atoms with van der Waals surface area (Å²) in [6.45, 7) is 0.879. The number of anilines is 1. The predicted octanol–water partition coefficient (Wildman–Crippen LogP) is 2.92. The van der Waals surface area contributed by atoms with Crippen LogP contribution in [-0.2, 0) is 12.7 Å². The van der Waals surface area contributed by atoms with Gasteiger partial charge in [-0.1, -0.05) is 0 Å². The first-order valence-electron chi connectivity index (χ1n) is 5.93. The van der Waals surface area contributed by atoms with E-state index in [1.54, 1.807) is 23.3 Å². The summed E-state index contributed by atoms with van der Waals surface area (Å²) < 4.78 is 40.1. The highest BCUT2D eigenvalue weighted by Gasteiger charge is 2.38. The van der Waals surface area contributed by atoms with Crippen LogP contribution in [0.25, 0.3) is 0 Å². The van der Waals surface area contributed by atoms with Crippen LogP contribution in [0.15, 0.2) is 36.9 Å². The molecule has 21 heavy (non-hydrogen) atoms. The van der Waals surface area contributed by atoms with Crippen molar-refractivity contribution in [2.45, 2.75) is 12.7 Å². The van der Waals surface area contributed by atoms with E-state index in [-0.39, 0.29) is 5.69 Å². The maximum atomic E-state index is 12.8. The van der Waals surface area contributed by atoms with E-state index in [2.05, 4.69) is 10.3 Å². The third-order valence-electron chi connectivity index (χ3n) is 2.76. The van der Waals surface area contributed by atoms with E-state index < -0.39 is 22.4 Å². The highest BCUT2D eigenvalue weighted by atomic mass is 19.4. The maximum absolute atomic E-state index is 12.8. The molecule has 1 aromatic heterocycles. The van der Waals surface area contributed by atoms with Crippen molar-refractivity contribution in [2.24, 2.45) is 0 Å². The second kappa shape index (κ2) is 5.81. The van der Waals surface area contributed by atoms with Crippen LogP contribution in [0.3, 0.4) is 0 Å². The predicted molar refractivity (Wildman–Crippen MR) is 68.8 cm³/mol. The molecule has 2 rings (SSSR count). The van der Waals surface area contributed by atoms with Gasteiger partial charge in [0.2, 0.25) is 0 Å². The van der Waals surface area contributed by atoms with Gasteiger partial charge in [0.05, 0.1) is 11.3 Å². The lowest BCUT2D eigenvalue weighted by Crippen LogP contribution is -2.12. The average molecular weight is 300 g/mol. The van der Waals surface area contributed by atoms with Crippen molar-refractivity contribution in [2.75, 3.05) is 11.9 Å². The number of imidazole rings is 1. The number of rotatable bonds is 5. The zero-order chi connectivity index (χ0) is 15.5. The van der Waals surface area contributed by atoms with Gasteiger partial charge in [-0.3, -0.25) is 10.1 Å². The fourth-order valence-electron chi connectivity index (χ4n) is 1.78. The molecule has 0 spiro atoms.